The minimum atomic E-state index is -0.173. The van der Waals surface area contributed by atoms with Gasteiger partial charge in [-0.3, -0.25) is 9.59 Å². The van der Waals surface area contributed by atoms with E-state index in [1.54, 1.807) is 6.07 Å². The van der Waals surface area contributed by atoms with E-state index in [1.807, 2.05) is 31.2 Å². The summed E-state index contributed by atoms with van der Waals surface area (Å²) in [5.41, 5.74) is 1.02. The molecule has 1 heterocycles. The maximum absolute atomic E-state index is 12.5. The lowest BCUT2D eigenvalue weighted by molar-refractivity contribution is -0.119. The second-order valence-corrected chi connectivity index (χ2v) is 7.63. The van der Waals surface area contributed by atoms with E-state index in [2.05, 4.69) is 36.6 Å². The van der Waals surface area contributed by atoms with Crippen LogP contribution in [0.25, 0.3) is 0 Å². The third-order valence-electron chi connectivity index (χ3n) is 4.34. The summed E-state index contributed by atoms with van der Waals surface area (Å²) in [6.07, 6.45) is 0. The molecule has 0 radical (unpaired) electrons. The first-order valence-corrected chi connectivity index (χ1v) is 8.82. The third kappa shape index (κ3) is 4.45. The van der Waals surface area contributed by atoms with Crippen molar-refractivity contribution >= 4 is 23.2 Å². The monoisotopic (exact) mass is 344 g/mol. The predicted octanol–water partition coefficient (Wildman–Crippen LogP) is 3.48. The lowest BCUT2D eigenvalue weighted by atomic mass is 9.78. The molecule has 2 aromatic rings. The Labute approximate surface area is 147 Å². The van der Waals surface area contributed by atoms with E-state index in [0.717, 1.165) is 4.88 Å². The third-order valence-corrected chi connectivity index (χ3v) is 5.43. The molecule has 24 heavy (non-hydrogen) atoms. The van der Waals surface area contributed by atoms with Gasteiger partial charge in [-0.25, -0.2) is 0 Å². The second kappa shape index (κ2) is 7.62. The number of thiophene rings is 1. The Balaban J connectivity index is 2.02. The van der Waals surface area contributed by atoms with Crippen molar-refractivity contribution in [3.8, 4) is 0 Å². The van der Waals surface area contributed by atoms with Crippen LogP contribution < -0.4 is 10.6 Å². The van der Waals surface area contributed by atoms with Gasteiger partial charge in [0.25, 0.3) is 5.91 Å². The summed E-state index contributed by atoms with van der Waals surface area (Å²) in [7, 11) is 0. The van der Waals surface area contributed by atoms with Gasteiger partial charge in [-0.1, -0.05) is 44.2 Å². The molecule has 1 unspecified atom stereocenters. The molecule has 2 amide bonds. The summed E-state index contributed by atoms with van der Waals surface area (Å²) < 4.78 is 0. The normalized spacial score (nSPS) is 12.5. The molecule has 1 aromatic carbocycles. The molecule has 0 aliphatic rings. The Bertz CT molecular complexity index is 707. The Hall–Kier alpha value is -2.14. The van der Waals surface area contributed by atoms with Crippen molar-refractivity contribution in [1.82, 2.24) is 10.6 Å². The quantitative estimate of drug-likeness (QED) is 0.843. The highest BCUT2D eigenvalue weighted by Crippen LogP contribution is 2.27. The van der Waals surface area contributed by atoms with Crippen LogP contribution in [0.15, 0.2) is 42.5 Å². The molecule has 0 bridgehead atoms. The zero-order valence-corrected chi connectivity index (χ0v) is 15.4. The number of hydrogen-bond donors (Lipinski definition) is 2. The van der Waals surface area contributed by atoms with Crippen LogP contribution in [-0.4, -0.2) is 17.9 Å². The van der Waals surface area contributed by atoms with Gasteiger partial charge in [0.15, 0.2) is 0 Å². The van der Waals surface area contributed by atoms with Crippen LogP contribution in [0.3, 0.4) is 0 Å². The van der Waals surface area contributed by atoms with E-state index in [4.69, 9.17) is 0 Å². The van der Waals surface area contributed by atoms with Crippen LogP contribution in [0.1, 0.15) is 47.8 Å². The minimum Gasteiger partial charge on any atom is -0.351 e. The standard InChI is InChI=1S/C19H24N2O2S/c1-13(19(3,4)15-8-6-5-7-9-15)21-18(23)17-11-10-16(24-17)12-20-14(2)22/h5-11,13H,12H2,1-4H3,(H,20,22)(H,21,23). The molecule has 2 N–H and O–H groups in total. The van der Waals surface area contributed by atoms with Crippen LogP contribution in [-0.2, 0) is 16.8 Å². The second-order valence-electron chi connectivity index (χ2n) is 6.46. The summed E-state index contributed by atoms with van der Waals surface area (Å²) in [4.78, 5) is 25.1. The van der Waals surface area contributed by atoms with Crippen molar-refractivity contribution in [2.24, 2.45) is 0 Å². The number of rotatable bonds is 6. The molecule has 5 heteroatoms. The fourth-order valence-corrected chi connectivity index (χ4v) is 3.22. The average molecular weight is 344 g/mol. The van der Waals surface area contributed by atoms with Gasteiger partial charge >= 0.3 is 0 Å². The molecular formula is C19H24N2O2S. The molecule has 0 saturated heterocycles. The number of nitrogens with one attached hydrogen (secondary N) is 2. The van der Waals surface area contributed by atoms with E-state index in [9.17, 15) is 9.59 Å². The summed E-state index contributed by atoms with van der Waals surface area (Å²) >= 11 is 1.40. The Morgan fingerprint density at radius 1 is 1.12 bits per heavy atom. The van der Waals surface area contributed by atoms with E-state index < -0.39 is 0 Å². The number of hydrogen-bond acceptors (Lipinski definition) is 3. The van der Waals surface area contributed by atoms with Crippen molar-refractivity contribution in [3.05, 3.63) is 57.8 Å². The highest BCUT2D eigenvalue weighted by atomic mass is 32.1. The van der Waals surface area contributed by atoms with Gasteiger partial charge < -0.3 is 10.6 Å². The molecule has 1 atom stereocenters. The largest absolute Gasteiger partial charge is 0.351 e. The van der Waals surface area contributed by atoms with Crippen molar-refractivity contribution in [1.29, 1.82) is 0 Å². The van der Waals surface area contributed by atoms with Crippen LogP contribution in [0.2, 0.25) is 0 Å². The minimum absolute atomic E-state index is 0.0201. The summed E-state index contributed by atoms with van der Waals surface area (Å²) in [6.45, 7) is 8.22. The van der Waals surface area contributed by atoms with Gasteiger partial charge in [0.1, 0.15) is 0 Å². The zero-order chi connectivity index (χ0) is 17.7. The highest BCUT2D eigenvalue weighted by molar-refractivity contribution is 7.14. The smallest absolute Gasteiger partial charge is 0.261 e. The summed E-state index contributed by atoms with van der Waals surface area (Å²) in [5.74, 6) is -0.154. The molecular weight excluding hydrogens is 320 g/mol. The Morgan fingerprint density at radius 2 is 1.79 bits per heavy atom. The fraction of sp³-hybridized carbons (Fsp3) is 0.368. The molecule has 0 aliphatic carbocycles. The highest BCUT2D eigenvalue weighted by Gasteiger charge is 2.29. The predicted molar refractivity (Wildman–Crippen MR) is 98.2 cm³/mol. The van der Waals surface area contributed by atoms with Crippen LogP contribution >= 0.6 is 11.3 Å². The van der Waals surface area contributed by atoms with Gasteiger partial charge in [0.05, 0.1) is 11.4 Å². The molecule has 0 aliphatic heterocycles. The number of carbonyl (C=O) groups is 2. The molecule has 1 aromatic heterocycles. The van der Waals surface area contributed by atoms with Gasteiger partial charge in [-0.05, 0) is 24.6 Å². The van der Waals surface area contributed by atoms with Crippen LogP contribution in [0.4, 0.5) is 0 Å². The first kappa shape index (κ1) is 18.2. The van der Waals surface area contributed by atoms with Crippen molar-refractivity contribution in [2.75, 3.05) is 0 Å². The first-order chi connectivity index (χ1) is 11.3. The van der Waals surface area contributed by atoms with Crippen molar-refractivity contribution < 1.29 is 9.59 Å². The Morgan fingerprint density at radius 3 is 2.42 bits per heavy atom. The van der Waals surface area contributed by atoms with E-state index in [1.165, 1.54) is 23.8 Å². The lowest BCUT2D eigenvalue weighted by Gasteiger charge is -2.33. The zero-order valence-electron chi connectivity index (χ0n) is 14.6. The maximum atomic E-state index is 12.5. The van der Waals surface area contributed by atoms with Gasteiger partial charge in [-0.15, -0.1) is 11.3 Å². The number of benzene rings is 1. The van der Waals surface area contributed by atoms with E-state index >= 15 is 0 Å². The number of amides is 2. The lowest BCUT2D eigenvalue weighted by Crippen LogP contribution is -2.45. The van der Waals surface area contributed by atoms with Gasteiger partial charge in [-0.2, -0.15) is 0 Å². The molecule has 128 valence electrons. The van der Waals surface area contributed by atoms with Gasteiger partial charge in [0.2, 0.25) is 5.91 Å². The summed E-state index contributed by atoms with van der Waals surface area (Å²) in [5, 5.41) is 5.84. The molecule has 0 spiro atoms. The SMILES string of the molecule is CC(=O)NCc1ccc(C(=O)NC(C)C(C)(C)c2ccccc2)s1. The van der Waals surface area contributed by atoms with Gasteiger partial charge in [0, 0.05) is 23.3 Å². The molecule has 0 saturated carbocycles. The van der Waals surface area contributed by atoms with Crippen molar-refractivity contribution in [2.45, 2.75) is 45.7 Å². The average Bonchev–Trinajstić information content (AvgIpc) is 3.02. The van der Waals surface area contributed by atoms with Crippen LogP contribution in [0, 0.1) is 0 Å². The fourth-order valence-electron chi connectivity index (χ4n) is 2.37. The Kier molecular flexibility index (Phi) is 5.78. The summed E-state index contributed by atoms with van der Waals surface area (Å²) in [6, 6.07) is 13.8. The topological polar surface area (TPSA) is 58.2 Å². The van der Waals surface area contributed by atoms with E-state index in [-0.39, 0.29) is 23.3 Å². The first-order valence-electron chi connectivity index (χ1n) is 8.00. The maximum Gasteiger partial charge on any atom is 0.261 e. The van der Waals surface area contributed by atoms with Crippen LogP contribution in [0.5, 0.6) is 0 Å². The van der Waals surface area contributed by atoms with E-state index in [0.29, 0.717) is 11.4 Å². The van der Waals surface area contributed by atoms with Crippen molar-refractivity contribution in [3.63, 3.8) is 0 Å². The molecule has 2 rings (SSSR count). The number of carbonyl (C=O) groups excluding carboxylic acids is 2. The molecule has 0 fully saturated rings. The molecule has 4 nitrogen and oxygen atoms in total.